The maximum absolute atomic E-state index is 9.43. The molecule has 2 heterocycles. The van der Waals surface area contributed by atoms with Gasteiger partial charge in [-0.15, -0.1) is 0 Å². The molecule has 1 N–H and O–H groups in total. The van der Waals surface area contributed by atoms with E-state index in [1.165, 1.54) is 0 Å². The minimum absolute atomic E-state index is 0.454. The summed E-state index contributed by atoms with van der Waals surface area (Å²) >= 11 is 0. The Bertz CT molecular complexity index is 345. The van der Waals surface area contributed by atoms with Crippen molar-refractivity contribution >= 4 is 5.82 Å². The molecular weight excluding hydrogens is 216 g/mol. The van der Waals surface area contributed by atoms with Gasteiger partial charge >= 0.3 is 0 Å². The van der Waals surface area contributed by atoms with E-state index in [2.05, 4.69) is 16.9 Å². The molecule has 0 aliphatic carbocycles. The molecule has 1 aromatic heterocycles. The molecule has 4 nitrogen and oxygen atoms in total. The highest BCUT2D eigenvalue weighted by Gasteiger charge is 2.19. The van der Waals surface area contributed by atoms with Gasteiger partial charge in [-0.2, -0.15) is 0 Å². The van der Waals surface area contributed by atoms with E-state index in [0.717, 1.165) is 37.4 Å². The lowest BCUT2D eigenvalue weighted by molar-refractivity contribution is 0.0853. The molecule has 1 fully saturated rings. The lowest BCUT2D eigenvalue weighted by Crippen LogP contribution is -2.37. The number of ether oxygens (including phenoxy) is 1. The third-order valence-corrected chi connectivity index (χ3v) is 3.35. The van der Waals surface area contributed by atoms with Gasteiger partial charge in [0, 0.05) is 32.5 Å². The smallest absolute Gasteiger partial charge is 0.128 e. The summed E-state index contributed by atoms with van der Waals surface area (Å²) in [6, 6.07) is 4.41. The second kappa shape index (κ2) is 5.47. The van der Waals surface area contributed by atoms with E-state index in [4.69, 9.17) is 4.74 Å². The number of hydrogen-bond acceptors (Lipinski definition) is 4. The van der Waals surface area contributed by atoms with E-state index in [-0.39, 0.29) is 0 Å². The molecule has 4 heteroatoms. The average molecular weight is 236 g/mol. The maximum Gasteiger partial charge on any atom is 0.128 e. The summed E-state index contributed by atoms with van der Waals surface area (Å²) in [5.41, 5.74) is 0.856. The third-order valence-electron chi connectivity index (χ3n) is 3.35. The van der Waals surface area contributed by atoms with E-state index in [9.17, 15) is 5.11 Å². The van der Waals surface area contributed by atoms with Gasteiger partial charge in [0.1, 0.15) is 5.82 Å². The zero-order chi connectivity index (χ0) is 12.3. The zero-order valence-corrected chi connectivity index (χ0v) is 10.5. The molecule has 0 aromatic carbocycles. The van der Waals surface area contributed by atoms with Crippen molar-refractivity contribution in [1.29, 1.82) is 0 Å². The number of hydrogen-bond donors (Lipinski definition) is 1. The van der Waals surface area contributed by atoms with Crippen LogP contribution < -0.4 is 4.90 Å². The summed E-state index contributed by atoms with van der Waals surface area (Å²) in [6.45, 7) is 3.42. The minimum atomic E-state index is -0.454. The highest BCUT2D eigenvalue weighted by molar-refractivity contribution is 5.40. The van der Waals surface area contributed by atoms with Crippen LogP contribution in [0.1, 0.15) is 31.4 Å². The van der Waals surface area contributed by atoms with Crippen LogP contribution in [0.2, 0.25) is 0 Å². The van der Waals surface area contributed by atoms with E-state index < -0.39 is 6.10 Å². The summed E-state index contributed by atoms with van der Waals surface area (Å²) < 4.78 is 5.36. The Morgan fingerprint density at radius 3 is 2.65 bits per heavy atom. The van der Waals surface area contributed by atoms with Crippen LogP contribution in [0.15, 0.2) is 18.3 Å². The predicted octanol–water partition coefficient (Wildman–Crippen LogP) is 1.75. The molecule has 1 aliphatic heterocycles. The molecule has 0 spiro atoms. The molecular formula is C13H20N2O2. The number of rotatable bonds is 3. The molecule has 1 atom stereocenters. The van der Waals surface area contributed by atoms with E-state index >= 15 is 0 Å². The van der Waals surface area contributed by atoms with Gasteiger partial charge in [0.25, 0.3) is 0 Å². The summed E-state index contributed by atoms with van der Waals surface area (Å²) in [7, 11) is 2.07. The van der Waals surface area contributed by atoms with Gasteiger partial charge < -0.3 is 14.7 Å². The second-order valence-electron chi connectivity index (χ2n) is 4.58. The van der Waals surface area contributed by atoms with Crippen LogP contribution >= 0.6 is 0 Å². The van der Waals surface area contributed by atoms with Crippen molar-refractivity contribution in [3.8, 4) is 0 Å². The van der Waals surface area contributed by atoms with Crippen LogP contribution in [0.5, 0.6) is 0 Å². The van der Waals surface area contributed by atoms with E-state index in [1.54, 1.807) is 13.1 Å². The number of aliphatic hydroxyl groups excluding tert-OH is 1. The zero-order valence-electron chi connectivity index (χ0n) is 10.5. The number of nitrogens with zero attached hydrogens (tertiary/aromatic N) is 2. The average Bonchev–Trinajstić information content (AvgIpc) is 2.39. The predicted molar refractivity (Wildman–Crippen MR) is 67.1 cm³/mol. The van der Waals surface area contributed by atoms with Crippen molar-refractivity contribution in [3.63, 3.8) is 0 Å². The number of aliphatic hydroxyl groups is 1. The van der Waals surface area contributed by atoms with Crippen molar-refractivity contribution in [2.75, 3.05) is 25.2 Å². The third kappa shape index (κ3) is 2.96. The van der Waals surface area contributed by atoms with Gasteiger partial charge in [0.15, 0.2) is 0 Å². The molecule has 0 amide bonds. The fraction of sp³-hybridized carbons (Fsp3) is 0.615. The molecule has 0 radical (unpaired) electrons. The first-order valence-electron chi connectivity index (χ1n) is 6.13. The van der Waals surface area contributed by atoms with Crippen molar-refractivity contribution in [2.24, 2.45) is 0 Å². The Balaban J connectivity index is 2.05. The molecule has 17 heavy (non-hydrogen) atoms. The minimum Gasteiger partial charge on any atom is -0.389 e. The van der Waals surface area contributed by atoms with Crippen LogP contribution in [-0.2, 0) is 4.74 Å². The second-order valence-corrected chi connectivity index (χ2v) is 4.58. The first-order valence-corrected chi connectivity index (χ1v) is 6.13. The molecule has 2 rings (SSSR count). The molecule has 1 aromatic rings. The fourth-order valence-corrected chi connectivity index (χ4v) is 2.11. The lowest BCUT2D eigenvalue weighted by Gasteiger charge is -2.32. The molecule has 0 unspecified atom stereocenters. The molecule has 0 bridgehead atoms. The Labute approximate surface area is 102 Å². The largest absolute Gasteiger partial charge is 0.389 e. The van der Waals surface area contributed by atoms with Crippen molar-refractivity contribution in [1.82, 2.24) is 4.98 Å². The first-order chi connectivity index (χ1) is 8.18. The van der Waals surface area contributed by atoms with Crippen molar-refractivity contribution in [2.45, 2.75) is 31.9 Å². The van der Waals surface area contributed by atoms with Gasteiger partial charge in [-0.3, -0.25) is 0 Å². The summed E-state index contributed by atoms with van der Waals surface area (Å²) in [5.74, 6) is 0.960. The Morgan fingerprint density at radius 2 is 2.12 bits per heavy atom. The Kier molecular flexibility index (Phi) is 3.97. The van der Waals surface area contributed by atoms with Crippen molar-refractivity contribution in [3.05, 3.63) is 23.9 Å². The standard InChI is InChI=1S/C13H20N2O2/c1-10(16)11-3-4-13(14-9-11)15(2)12-5-7-17-8-6-12/h3-4,9-10,12,16H,5-8H2,1-2H3/t10-/m1/s1. The Morgan fingerprint density at radius 1 is 1.41 bits per heavy atom. The van der Waals surface area contributed by atoms with Crippen LogP contribution in [0.25, 0.3) is 0 Å². The van der Waals surface area contributed by atoms with Gasteiger partial charge in [0.05, 0.1) is 6.10 Å². The monoisotopic (exact) mass is 236 g/mol. The number of aromatic nitrogens is 1. The van der Waals surface area contributed by atoms with Gasteiger partial charge in [-0.25, -0.2) is 4.98 Å². The van der Waals surface area contributed by atoms with Crippen molar-refractivity contribution < 1.29 is 9.84 Å². The van der Waals surface area contributed by atoms with E-state index in [0.29, 0.717) is 6.04 Å². The lowest BCUT2D eigenvalue weighted by atomic mass is 10.1. The summed E-state index contributed by atoms with van der Waals surface area (Å²) in [4.78, 5) is 6.60. The van der Waals surface area contributed by atoms with E-state index in [1.807, 2.05) is 12.1 Å². The Hall–Kier alpha value is -1.13. The molecule has 1 aliphatic rings. The van der Waals surface area contributed by atoms with Crippen LogP contribution in [-0.4, -0.2) is 36.4 Å². The number of anilines is 1. The summed E-state index contributed by atoms with van der Waals surface area (Å²) in [5, 5.41) is 9.43. The van der Waals surface area contributed by atoms with Crippen LogP contribution in [0.4, 0.5) is 5.82 Å². The first kappa shape index (κ1) is 12.3. The quantitative estimate of drug-likeness (QED) is 0.868. The fourth-order valence-electron chi connectivity index (χ4n) is 2.11. The maximum atomic E-state index is 9.43. The van der Waals surface area contributed by atoms with Gasteiger partial charge in [-0.1, -0.05) is 6.07 Å². The molecule has 1 saturated heterocycles. The SMILES string of the molecule is C[C@@H](O)c1ccc(N(C)C2CCOCC2)nc1. The van der Waals surface area contributed by atoms with Gasteiger partial charge in [-0.05, 0) is 31.4 Å². The van der Waals surface area contributed by atoms with Crippen LogP contribution in [0.3, 0.4) is 0 Å². The number of pyridine rings is 1. The van der Waals surface area contributed by atoms with Crippen LogP contribution in [0, 0.1) is 0 Å². The highest BCUT2D eigenvalue weighted by atomic mass is 16.5. The summed E-state index contributed by atoms with van der Waals surface area (Å²) in [6.07, 6.45) is 3.40. The van der Waals surface area contributed by atoms with Gasteiger partial charge in [0.2, 0.25) is 0 Å². The topological polar surface area (TPSA) is 45.6 Å². The molecule has 94 valence electrons. The highest BCUT2D eigenvalue weighted by Crippen LogP contribution is 2.20. The normalized spacial score (nSPS) is 19.0. The molecule has 0 saturated carbocycles.